The highest BCUT2D eigenvalue weighted by Gasteiger charge is 2.49. The monoisotopic (exact) mass is 416 g/mol. The quantitative estimate of drug-likeness (QED) is 0.464. The maximum atomic E-state index is 12.6. The van der Waals surface area contributed by atoms with Crippen LogP contribution in [0.2, 0.25) is 0 Å². The Labute approximate surface area is 158 Å². The molecule has 1 heterocycles. The van der Waals surface area contributed by atoms with Crippen molar-refractivity contribution in [3.8, 4) is 17.0 Å². The number of rotatable bonds is 3. The minimum Gasteiger partial charge on any atom is -0.399 e. The van der Waals surface area contributed by atoms with E-state index in [4.69, 9.17) is 10.6 Å². The first-order valence-corrected chi connectivity index (χ1v) is 9.19. The van der Waals surface area contributed by atoms with Gasteiger partial charge in [0, 0.05) is 22.1 Å². The van der Waals surface area contributed by atoms with Gasteiger partial charge in [0.25, 0.3) is 0 Å². The molecule has 2 N–H and O–H groups in total. The van der Waals surface area contributed by atoms with Crippen LogP contribution in [0.15, 0.2) is 29.7 Å². The summed E-state index contributed by atoms with van der Waals surface area (Å²) in [5.41, 5.74) is 1.66. The summed E-state index contributed by atoms with van der Waals surface area (Å²) in [7, 11) is -4.52. The van der Waals surface area contributed by atoms with E-state index in [1.165, 1.54) is 19.5 Å². The molecule has 0 spiro atoms. The van der Waals surface area contributed by atoms with Crippen LogP contribution < -0.4 is 9.92 Å². The second kappa shape index (κ2) is 6.33. The normalized spacial score (nSPS) is 17.0. The van der Waals surface area contributed by atoms with Crippen molar-refractivity contribution in [2.45, 2.75) is 24.8 Å². The number of fused-ring (bicyclic) bond motifs is 3. The van der Waals surface area contributed by atoms with Gasteiger partial charge in [0.05, 0.1) is 11.4 Å². The van der Waals surface area contributed by atoms with Gasteiger partial charge in [0.15, 0.2) is 0 Å². The van der Waals surface area contributed by atoms with E-state index < -0.39 is 26.8 Å². The van der Waals surface area contributed by atoms with E-state index >= 15 is 0 Å². The number of anilines is 1. The molecule has 150 valence electrons. The summed E-state index contributed by atoms with van der Waals surface area (Å²) < 4.78 is 64.8. The molecule has 0 amide bonds. The summed E-state index contributed by atoms with van der Waals surface area (Å²) in [6, 6.07) is 3.61. The van der Waals surface area contributed by atoms with Gasteiger partial charge in [0.1, 0.15) is 25.0 Å². The van der Waals surface area contributed by atoms with Crippen LogP contribution in [-0.4, -0.2) is 36.7 Å². The van der Waals surface area contributed by atoms with Crippen molar-refractivity contribution < 1.29 is 30.6 Å². The molecule has 8 nitrogen and oxygen atoms in total. The van der Waals surface area contributed by atoms with Crippen LogP contribution in [0.25, 0.3) is 11.3 Å². The third kappa shape index (κ3) is 3.03. The highest BCUT2D eigenvalue weighted by molar-refractivity contribution is 7.88. The summed E-state index contributed by atoms with van der Waals surface area (Å²) in [5.74, 6) is -0.314. The fourth-order valence-electron chi connectivity index (χ4n) is 3.08. The van der Waals surface area contributed by atoms with Crippen molar-refractivity contribution in [3.63, 3.8) is 0 Å². The smallest absolute Gasteiger partial charge is 0.399 e. The van der Waals surface area contributed by atoms with Crippen LogP contribution >= 0.6 is 0 Å². The molecule has 1 aromatic heterocycles. The first kappa shape index (κ1) is 19.9. The van der Waals surface area contributed by atoms with Gasteiger partial charge in [-0.25, -0.2) is 9.97 Å². The molecule has 1 aliphatic rings. The zero-order valence-corrected chi connectivity index (χ0v) is 15.7. The van der Waals surface area contributed by atoms with Crippen molar-refractivity contribution in [1.82, 2.24) is 9.97 Å². The Bertz CT molecular complexity index is 1080. The van der Waals surface area contributed by atoms with Gasteiger partial charge in [-0.05, 0) is 32.0 Å². The molecular formula is C16H15F3N4O4S. The minimum atomic E-state index is -5.82. The zero-order chi connectivity index (χ0) is 20.9. The zero-order valence-electron chi connectivity index (χ0n) is 14.9. The number of aromatic nitrogens is 2. The van der Waals surface area contributed by atoms with Gasteiger partial charge in [-0.1, -0.05) is 5.16 Å². The Hall–Kier alpha value is -2.89. The summed E-state index contributed by atoms with van der Waals surface area (Å²) in [6.45, 7) is 3.51. The number of hydrogen-bond donors (Lipinski definition) is 1. The van der Waals surface area contributed by atoms with E-state index in [1.54, 1.807) is 13.8 Å². The van der Waals surface area contributed by atoms with Crippen molar-refractivity contribution in [3.05, 3.63) is 35.7 Å². The predicted octanol–water partition coefficient (Wildman–Crippen LogP) is 2.60. The molecule has 2 aromatic rings. The standard InChI is InChI=1S/C16H15F3N4O4S/c1-15(2)11-12(21-7-22-14(11)20)9-5-4-8(6-10(9)13(15)23-26-3)27-28(24,25)16(17,18)19/h4-7H,1-3H3,(H2,20,21,22). The molecule has 0 radical (unpaired) electrons. The molecule has 28 heavy (non-hydrogen) atoms. The van der Waals surface area contributed by atoms with E-state index in [0.29, 0.717) is 28.1 Å². The maximum Gasteiger partial charge on any atom is 0.534 e. The van der Waals surface area contributed by atoms with E-state index in [-0.39, 0.29) is 5.82 Å². The Morgan fingerprint density at radius 1 is 1.18 bits per heavy atom. The Balaban J connectivity index is 2.24. The molecule has 1 aromatic carbocycles. The first-order valence-electron chi connectivity index (χ1n) is 7.78. The molecule has 0 fully saturated rings. The second-order valence-electron chi connectivity index (χ2n) is 6.42. The third-order valence-electron chi connectivity index (χ3n) is 4.27. The number of alkyl halides is 3. The van der Waals surface area contributed by atoms with Crippen molar-refractivity contribution in [1.29, 1.82) is 0 Å². The van der Waals surface area contributed by atoms with Gasteiger partial charge < -0.3 is 14.8 Å². The Morgan fingerprint density at radius 3 is 2.46 bits per heavy atom. The maximum absolute atomic E-state index is 12.6. The average molecular weight is 416 g/mol. The molecule has 0 saturated heterocycles. The molecule has 0 aliphatic heterocycles. The first-order chi connectivity index (χ1) is 12.9. The van der Waals surface area contributed by atoms with Crippen molar-refractivity contribution in [2.24, 2.45) is 5.16 Å². The molecule has 12 heteroatoms. The lowest BCUT2D eigenvalue weighted by atomic mass is 9.70. The average Bonchev–Trinajstić information content (AvgIpc) is 2.57. The van der Waals surface area contributed by atoms with Gasteiger partial charge in [-0.3, -0.25) is 0 Å². The van der Waals surface area contributed by atoms with Crippen LogP contribution in [0.5, 0.6) is 5.75 Å². The second-order valence-corrected chi connectivity index (χ2v) is 7.96. The highest BCUT2D eigenvalue weighted by Crippen LogP contribution is 2.45. The number of oxime groups is 1. The van der Waals surface area contributed by atoms with Crippen molar-refractivity contribution in [2.75, 3.05) is 12.8 Å². The summed E-state index contributed by atoms with van der Waals surface area (Å²) in [5, 5.41) is 3.98. The number of nitrogens with two attached hydrogens (primary N) is 1. The molecule has 0 atom stereocenters. The molecule has 0 bridgehead atoms. The summed E-state index contributed by atoms with van der Waals surface area (Å²) >= 11 is 0. The topological polar surface area (TPSA) is 117 Å². The minimum absolute atomic E-state index is 0.212. The summed E-state index contributed by atoms with van der Waals surface area (Å²) in [6.07, 6.45) is 1.25. The SMILES string of the molecule is CON=C1c2cc(OS(=O)(=O)C(F)(F)F)ccc2-c2ncnc(N)c2C1(C)C. The predicted molar refractivity (Wildman–Crippen MR) is 94.1 cm³/mol. The number of nitrogen functional groups attached to an aromatic ring is 1. The van der Waals surface area contributed by atoms with Gasteiger partial charge >= 0.3 is 15.6 Å². The Kier molecular flexibility index (Phi) is 4.49. The van der Waals surface area contributed by atoms with E-state index in [0.717, 1.165) is 12.1 Å². The number of benzene rings is 1. The molecule has 0 unspecified atom stereocenters. The largest absolute Gasteiger partial charge is 0.534 e. The van der Waals surface area contributed by atoms with Crippen LogP contribution in [0.4, 0.5) is 19.0 Å². The number of nitrogens with zero attached hydrogens (tertiary/aromatic N) is 3. The fourth-order valence-corrected chi connectivity index (χ4v) is 3.53. The molecule has 1 aliphatic carbocycles. The fraction of sp³-hybridized carbons (Fsp3) is 0.312. The highest BCUT2D eigenvalue weighted by atomic mass is 32.2. The molecular weight excluding hydrogens is 401 g/mol. The lowest BCUT2D eigenvalue weighted by Gasteiger charge is -2.34. The van der Waals surface area contributed by atoms with Crippen molar-refractivity contribution >= 4 is 21.6 Å². The van der Waals surface area contributed by atoms with E-state index in [1.807, 2.05) is 0 Å². The van der Waals surface area contributed by atoms with E-state index in [2.05, 4.69) is 19.3 Å². The van der Waals surface area contributed by atoms with Gasteiger partial charge in [-0.15, -0.1) is 0 Å². The lowest BCUT2D eigenvalue weighted by Crippen LogP contribution is -2.36. The number of halogens is 3. The van der Waals surface area contributed by atoms with E-state index in [9.17, 15) is 21.6 Å². The van der Waals surface area contributed by atoms with Crippen LogP contribution in [0, 0.1) is 0 Å². The van der Waals surface area contributed by atoms with Gasteiger partial charge in [-0.2, -0.15) is 21.6 Å². The van der Waals surface area contributed by atoms with Crippen LogP contribution in [-0.2, 0) is 20.4 Å². The number of hydrogen-bond acceptors (Lipinski definition) is 8. The van der Waals surface area contributed by atoms with Crippen LogP contribution in [0.1, 0.15) is 25.0 Å². The Morgan fingerprint density at radius 2 is 1.86 bits per heavy atom. The van der Waals surface area contributed by atoms with Gasteiger partial charge in [0.2, 0.25) is 0 Å². The van der Waals surface area contributed by atoms with Crippen LogP contribution in [0.3, 0.4) is 0 Å². The third-order valence-corrected chi connectivity index (χ3v) is 5.25. The lowest BCUT2D eigenvalue weighted by molar-refractivity contribution is -0.0500. The summed E-state index contributed by atoms with van der Waals surface area (Å²) in [4.78, 5) is 13.1. The molecule has 0 saturated carbocycles. The molecule has 3 rings (SSSR count).